The molecule has 0 unspecified atom stereocenters. The number of rotatable bonds is 2. The van der Waals surface area contributed by atoms with Crippen LogP contribution >= 0.6 is 23.6 Å². The molecule has 0 amide bonds. The maximum Gasteiger partial charge on any atom is 0.189 e. The molecular weight excluding hydrogens is 293 g/mol. The zero-order valence-corrected chi connectivity index (χ0v) is 12.4. The second-order valence-corrected chi connectivity index (χ2v) is 6.15. The quantitative estimate of drug-likeness (QED) is 0.823. The Bertz CT molecular complexity index is 616. The zero-order chi connectivity index (χ0) is 13.9. The average molecular weight is 307 g/mol. The van der Waals surface area contributed by atoms with Gasteiger partial charge in [-0.15, -0.1) is 11.3 Å². The normalized spacial score (nSPS) is 13.7. The molecule has 3 rings (SSSR count). The molecule has 1 aliphatic rings. The second kappa shape index (κ2) is 5.85. The van der Waals surface area contributed by atoms with E-state index in [0.717, 1.165) is 18.0 Å². The molecule has 1 heterocycles. The standard InChI is InChI=1S/C14H14FN3S2/c15-9-5-1-2-6-10(9)16-13(19)18-14-17-11-7-3-4-8-12(11)20-14/h1-2,5-6H,3-4,7-8H2,(H2,16,17,18,19). The van der Waals surface area contributed by atoms with Crippen LogP contribution in [0.3, 0.4) is 0 Å². The zero-order valence-electron chi connectivity index (χ0n) is 10.8. The third-order valence-electron chi connectivity index (χ3n) is 3.19. The highest BCUT2D eigenvalue weighted by atomic mass is 32.1. The first-order valence-electron chi connectivity index (χ1n) is 6.53. The molecule has 0 atom stereocenters. The van der Waals surface area contributed by atoms with E-state index in [-0.39, 0.29) is 5.82 Å². The molecule has 2 N–H and O–H groups in total. The van der Waals surface area contributed by atoms with Gasteiger partial charge in [-0.05, 0) is 50.0 Å². The van der Waals surface area contributed by atoms with Crippen molar-refractivity contribution < 1.29 is 4.39 Å². The topological polar surface area (TPSA) is 37.0 Å². The van der Waals surface area contributed by atoms with Crippen molar-refractivity contribution in [1.29, 1.82) is 0 Å². The minimum Gasteiger partial charge on any atom is -0.330 e. The van der Waals surface area contributed by atoms with Crippen molar-refractivity contribution in [2.75, 3.05) is 10.6 Å². The highest BCUT2D eigenvalue weighted by Gasteiger charge is 2.15. The molecule has 104 valence electrons. The molecule has 0 radical (unpaired) electrons. The van der Waals surface area contributed by atoms with Crippen LogP contribution in [0.2, 0.25) is 0 Å². The van der Waals surface area contributed by atoms with Crippen LogP contribution in [-0.2, 0) is 12.8 Å². The smallest absolute Gasteiger partial charge is 0.189 e. The number of anilines is 2. The van der Waals surface area contributed by atoms with E-state index in [2.05, 4.69) is 15.6 Å². The molecule has 0 saturated carbocycles. The number of halogens is 1. The van der Waals surface area contributed by atoms with Gasteiger partial charge < -0.3 is 10.6 Å². The number of hydrogen-bond acceptors (Lipinski definition) is 3. The van der Waals surface area contributed by atoms with Crippen molar-refractivity contribution in [2.24, 2.45) is 0 Å². The van der Waals surface area contributed by atoms with E-state index in [9.17, 15) is 4.39 Å². The van der Waals surface area contributed by atoms with Crippen molar-refractivity contribution in [2.45, 2.75) is 25.7 Å². The van der Waals surface area contributed by atoms with Gasteiger partial charge in [0.05, 0.1) is 11.4 Å². The first-order valence-corrected chi connectivity index (χ1v) is 7.76. The number of thiazole rings is 1. The van der Waals surface area contributed by atoms with E-state index in [4.69, 9.17) is 12.2 Å². The van der Waals surface area contributed by atoms with E-state index in [1.807, 2.05) is 0 Å². The summed E-state index contributed by atoms with van der Waals surface area (Å²) in [5.41, 5.74) is 1.55. The summed E-state index contributed by atoms with van der Waals surface area (Å²) in [6.45, 7) is 0. The average Bonchev–Trinajstić information content (AvgIpc) is 2.83. The van der Waals surface area contributed by atoms with Gasteiger partial charge in [0.1, 0.15) is 5.82 Å². The van der Waals surface area contributed by atoms with Gasteiger partial charge in [0.2, 0.25) is 0 Å². The molecule has 20 heavy (non-hydrogen) atoms. The molecule has 0 aliphatic heterocycles. The minimum absolute atomic E-state index is 0.324. The largest absolute Gasteiger partial charge is 0.330 e. The number of aromatic nitrogens is 1. The Labute approximate surface area is 126 Å². The lowest BCUT2D eigenvalue weighted by Crippen LogP contribution is -2.19. The molecule has 2 aromatic rings. The molecule has 0 bridgehead atoms. The highest BCUT2D eigenvalue weighted by molar-refractivity contribution is 7.80. The monoisotopic (exact) mass is 307 g/mol. The van der Waals surface area contributed by atoms with Crippen LogP contribution in [0.4, 0.5) is 15.2 Å². The van der Waals surface area contributed by atoms with Gasteiger partial charge in [0, 0.05) is 4.88 Å². The fourth-order valence-electron chi connectivity index (χ4n) is 2.22. The third kappa shape index (κ3) is 2.96. The van der Waals surface area contributed by atoms with Crippen LogP contribution in [0.1, 0.15) is 23.4 Å². The molecule has 3 nitrogen and oxygen atoms in total. The van der Waals surface area contributed by atoms with Crippen LogP contribution in [0, 0.1) is 5.82 Å². The SMILES string of the molecule is Fc1ccccc1NC(=S)Nc1nc2c(s1)CCCC2. The predicted octanol–water partition coefficient (Wildman–Crippen LogP) is 3.97. The number of para-hydroxylation sites is 1. The molecule has 0 fully saturated rings. The van der Waals surface area contributed by atoms with E-state index < -0.39 is 0 Å². The van der Waals surface area contributed by atoms with E-state index in [1.165, 1.54) is 29.5 Å². The number of nitrogens with one attached hydrogen (secondary N) is 2. The molecule has 0 saturated heterocycles. The van der Waals surface area contributed by atoms with Gasteiger partial charge in [-0.25, -0.2) is 9.37 Å². The van der Waals surface area contributed by atoms with Crippen LogP contribution in [-0.4, -0.2) is 10.1 Å². The Hall–Kier alpha value is -1.53. The Balaban J connectivity index is 1.67. The van der Waals surface area contributed by atoms with Gasteiger partial charge in [0.15, 0.2) is 10.2 Å². The summed E-state index contributed by atoms with van der Waals surface area (Å²) >= 11 is 6.83. The van der Waals surface area contributed by atoms with E-state index in [1.54, 1.807) is 29.5 Å². The molecule has 1 aromatic heterocycles. The van der Waals surface area contributed by atoms with Gasteiger partial charge in [0.25, 0.3) is 0 Å². The molecular formula is C14H14FN3S2. The number of nitrogens with zero attached hydrogens (tertiary/aromatic N) is 1. The summed E-state index contributed by atoms with van der Waals surface area (Å²) in [5.74, 6) is -0.324. The van der Waals surface area contributed by atoms with Crippen molar-refractivity contribution >= 4 is 39.5 Å². The number of fused-ring (bicyclic) bond motifs is 1. The summed E-state index contributed by atoms with van der Waals surface area (Å²) < 4.78 is 13.5. The molecule has 1 aromatic carbocycles. The van der Waals surface area contributed by atoms with Gasteiger partial charge in [-0.2, -0.15) is 0 Å². The summed E-state index contributed by atoms with van der Waals surface area (Å²) in [6, 6.07) is 6.45. The third-order valence-corrected chi connectivity index (χ3v) is 4.47. The lowest BCUT2D eigenvalue weighted by Gasteiger charge is -2.08. The van der Waals surface area contributed by atoms with Gasteiger partial charge in [-0.1, -0.05) is 12.1 Å². The van der Waals surface area contributed by atoms with Crippen LogP contribution in [0.5, 0.6) is 0 Å². The summed E-state index contributed by atoms with van der Waals surface area (Å²) in [6.07, 6.45) is 4.57. The number of hydrogen-bond donors (Lipinski definition) is 2. The molecule has 1 aliphatic carbocycles. The lowest BCUT2D eigenvalue weighted by atomic mass is 10.0. The molecule has 0 spiro atoms. The van der Waals surface area contributed by atoms with Crippen LogP contribution in [0.25, 0.3) is 0 Å². The maximum absolute atomic E-state index is 13.5. The fourth-order valence-corrected chi connectivity index (χ4v) is 3.54. The van der Waals surface area contributed by atoms with Crippen molar-refractivity contribution in [3.63, 3.8) is 0 Å². The molecule has 6 heteroatoms. The van der Waals surface area contributed by atoms with Gasteiger partial charge >= 0.3 is 0 Å². The Morgan fingerprint density at radius 3 is 2.80 bits per heavy atom. The summed E-state index contributed by atoms with van der Waals surface area (Å²) in [5, 5.41) is 7.03. The lowest BCUT2D eigenvalue weighted by molar-refractivity contribution is 0.632. The van der Waals surface area contributed by atoms with Crippen molar-refractivity contribution in [1.82, 2.24) is 4.98 Å². The predicted molar refractivity (Wildman–Crippen MR) is 85.0 cm³/mol. The maximum atomic E-state index is 13.5. The van der Waals surface area contributed by atoms with Crippen molar-refractivity contribution in [3.8, 4) is 0 Å². The summed E-state index contributed by atoms with van der Waals surface area (Å²) in [4.78, 5) is 5.88. The number of aryl methyl sites for hydroxylation is 2. The van der Waals surface area contributed by atoms with E-state index >= 15 is 0 Å². The minimum atomic E-state index is -0.324. The fraction of sp³-hybridized carbons (Fsp3) is 0.286. The Morgan fingerprint density at radius 2 is 2.00 bits per heavy atom. The van der Waals surface area contributed by atoms with Gasteiger partial charge in [-0.3, -0.25) is 0 Å². The number of benzene rings is 1. The first kappa shape index (κ1) is 13.5. The Kier molecular flexibility index (Phi) is 3.93. The first-order chi connectivity index (χ1) is 9.72. The second-order valence-electron chi connectivity index (χ2n) is 4.65. The Morgan fingerprint density at radius 1 is 1.20 bits per heavy atom. The highest BCUT2D eigenvalue weighted by Crippen LogP contribution is 2.29. The van der Waals surface area contributed by atoms with E-state index in [0.29, 0.717) is 10.8 Å². The van der Waals surface area contributed by atoms with Crippen LogP contribution in [0.15, 0.2) is 24.3 Å². The summed E-state index contributed by atoms with van der Waals surface area (Å²) in [7, 11) is 0. The van der Waals surface area contributed by atoms with Crippen molar-refractivity contribution in [3.05, 3.63) is 40.7 Å². The number of thiocarbonyl (C=S) groups is 1. The van der Waals surface area contributed by atoms with Crippen LogP contribution < -0.4 is 10.6 Å².